The van der Waals surface area contributed by atoms with Gasteiger partial charge in [-0.2, -0.15) is 5.10 Å². The van der Waals surface area contributed by atoms with E-state index in [1.54, 1.807) is 18.2 Å². The molecule has 0 radical (unpaired) electrons. The Morgan fingerprint density at radius 3 is 2.46 bits per heavy atom. The van der Waals surface area contributed by atoms with Crippen LogP contribution in [0.25, 0.3) is 11.1 Å². The standard InChI is InChI=1S/C41H58N6O5/c1-6-52-41(4)19-22-45(23-20-41)40(49)51-28-29(2)47-27-35(25-43-47)34-18-21-42-38(24-34)46(39(48)33-10-8-7-9-11-33)26-31-12-14-32(15-13-31)36-16-17-37(50-5)30(3)44-36/h16-18,21,24-25,27,29,31-33H,6-15,19-20,22-23,26,28H2,1-5H3. The second-order valence-electron chi connectivity index (χ2n) is 15.4. The van der Waals surface area contributed by atoms with Crippen LogP contribution in [0.2, 0.25) is 0 Å². The molecule has 6 rings (SSSR count). The molecule has 1 saturated heterocycles. The van der Waals surface area contributed by atoms with Crippen LogP contribution in [0.4, 0.5) is 10.6 Å². The van der Waals surface area contributed by atoms with E-state index in [0.717, 1.165) is 92.5 Å². The summed E-state index contributed by atoms with van der Waals surface area (Å²) in [4.78, 5) is 40.4. The minimum Gasteiger partial charge on any atom is -0.495 e. The summed E-state index contributed by atoms with van der Waals surface area (Å²) in [6.45, 7) is 10.9. The lowest BCUT2D eigenvalue weighted by atomic mass is 9.79. The highest BCUT2D eigenvalue weighted by atomic mass is 16.6. The predicted molar refractivity (Wildman–Crippen MR) is 202 cm³/mol. The highest BCUT2D eigenvalue weighted by molar-refractivity contribution is 5.94. The monoisotopic (exact) mass is 714 g/mol. The van der Waals surface area contributed by atoms with Crippen LogP contribution in [0, 0.1) is 18.8 Å². The first kappa shape index (κ1) is 37.8. The van der Waals surface area contributed by atoms with E-state index >= 15 is 0 Å². The third kappa shape index (κ3) is 9.14. The number of nitrogens with zero attached hydrogens (tertiary/aromatic N) is 6. The lowest BCUT2D eigenvalue weighted by Gasteiger charge is -2.38. The minimum atomic E-state index is -0.291. The number of piperidine rings is 1. The molecule has 2 amide bonds. The van der Waals surface area contributed by atoms with E-state index in [0.29, 0.717) is 43.9 Å². The Bertz CT molecular complexity index is 1640. The van der Waals surface area contributed by atoms with Gasteiger partial charge in [-0.1, -0.05) is 19.3 Å². The molecule has 1 aliphatic heterocycles. The fraction of sp³-hybridized carbons (Fsp3) is 0.634. The van der Waals surface area contributed by atoms with Gasteiger partial charge in [-0.25, -0.2) is 9.78 Å². The number of anilines is 1. The zero-order valence-electron chi connectivity index (χ0n) is 31.9. The normalized spacial score (nSPS) is 21.4. The summed E-state index contributed by atoms with van der Waals surface area (Å²) >= 11 is 0. The lowest BCUT2D eigenvalue weighted by molar-refractivity contribution is -0.123. The van der Waals surface area contributed by atoms with E-state index in [9.17, 15) is 9.59 Å². The number of methoxy groups -OCH3 is 1. The molecule has 0 N–H and O–H groups in total. The summed E-state index contributed by atoms with van der Waals surface area (Å²) in [7, 11) is 1.68. The molecule has 11 nitrogen and oxygen atoms in total. The van der Waals surface area contributed by atoms with E-state index < -0.39 is 0 Å². The van der Waals surface area contributed by atoms with Crippen molar-refractivity contribution < 1.29 is 23.8 Å². The maximum absolute atomic E-state index is 14.2. The molecular weight excluding hydrogens is 656 g/mol. The Hall–Kier alpha value is -3.99. The summed E-state index contributed by atoms with van der Waals surface area (Å²) in [6, 6.07) is 8.00. The van der Waals surface area contributed by atoms with Gasteiger partial charge in [0.15, 0.2) is 0 Å². The Kier molecular flexibility index (Phi) is 12.5. The number of carbonyl (C=O) groups excluding carboxylic acids is 2. The summed E-state index contributed by atoms with van der Waals surface area (Å²) in [5.74, 6) is 2.62. The van der Waals surface area contributed by atoms with Gasteiger partial charge in [0.1, 0.15) is 18.2 Å². The first-order chi connectivity index (χ1) is 25.2. The summed E-state index contributed by atoms with van der Waals surface area (Å²) in [6.07, 6.45) is 16.4. The van der Waals surface area contributed by atoms with E-state index in [-0.39, 0.29) is 36.2 Å². The van der Waals surface area contributed by atoms with Crippen molar-refractivity contribution in [3.8, 4) is 16.9 Å². The molecule has 1 unspecified atom stereocenters. The fourth-order valence-electron chi connectivity index (χ4n) is 8.26. The molecule has 0 bridgehead atoms. The van der Waals surface area contributed by atoms with Gasteiger partial charge in [0.2, 0.25) is 5.91 Å². The van der Waals surface area contributed by atoms with E-state index in [4.69, 9.17) is 24.2 Å². The average molecular weight is 715 g/mol. The third-order valence-corrected chi connectivity index (χ3v) is 11.6. The van der Waals surface area contributed by atoms with Crippen molar-refractivity contribution in [2.24, 2.45) is 11.8 Å². The Morgan fingerprint density at radius 1 is 1.02 bits per heavy atom. The van der Waals surface area contributed by atoms with Crippen molar-refractivity contribution in [2.45, 2.75) is 116 Å². The molecule has 282 valence electrons. The smallest absolute Gasteiger partial charge is 0.409 e. The molecule has 1 atom stereocenters. The van der Waals surface area contributed by atoms with E-state index in [2.05, 4.69) is 18.1 Å². The molecule has 3 aromatic heterocycles. The van der Waals surface area contributed by atoms with Gasteiger partial charge in [0.25, 0.3) is 0 Å². The first-order valence-electron chi connectivity index (χ1n) is 19.6. The number of amides is 2. The predicted octanol–water partition coefficient (Wildman–Crippen LogP) is 8.13. The number of aryl methyl sites for hydroxylation is 1. The summed E-state index contributed by atoms with van der Waals surface area (Å²) in [5, 5.41) is 4.63. The number of rotatable bonds is 12. The fourth-order valence-corrected chi connectivity index (χ4v) is 8.26. The molecule has 52 heavy (non-hydrogen) atoms. The van der Waals surface area contributed by atoms with Crippen LogP contribution in [-0.2, 0) is 14.3 Å². The molecule has 3 aromatic rings. The van der Waals surface area contributed by atoms with Gasteiger partial charge < -0.3 is 19.1 Å². The zero-order valence-corrected chi connectivity index (χ0v) is 31.9. The molecule has 3 fully saturated rings. The van der Waals surface area contributed by atoms with Crippen molar-refractivity contribution in [3.05, 3.63) is 54.2 Å². The molecule has 4 heterocycles. The van der Waals surface area contributed by atoms with Crippen LogP contribution in [0.1, 0.15) is 115 Å². The first-order valence-corrected chi connectivity index (χ1v) is 19.6. The second-order valence-corrected chi connectivity index (χ2v) is 15.4. The number of aromatic nitrogens is 4. The molecule has 2 aliphatic carbocycles. The Labute approximate surface area is 309 Å². The molecule has 3 aliphatic rings. The topological polar surface area (TPSA) is 112 Å². The van der Waals surface area contributed by atoms with Crippen LogP contribution in [-0.4, -0.2) is 82.2 Å². The quantitative estimate of drug-likeness (QED) is 0.185. The van der Waals surface area contributed by atoms with Crippen LogP contribution in [0.3, 0.4) is 0 Å². The maximum atomic E-state index is 14.2. The number of carbonyl (C=O) groups is 2. The Morgan fingerprint density at radius 2 is 1.77 bits per heavy atom. The number of likely N-dealkylation sites (tertiary alicyclic amines) is 1. The van der Waals surface area contributed by atoms with E-state index in [1.165, 1.54) is 6.42 Å². The van der Waals surface area contributed by atoms with Crippen molar-refractivity contribution in [2.75, 3.05) is 44.9 Å². The van der Waals surface area contributed by atoms with Crippen LogP contribution in [0.5, 0.6) is 5.75 Å². The second kappa shape index (κ2) is 17.2. The molecule has 11 heteroatoms. The largest absolute Gasteiger partial charge is 0.495 e. The van der Waals surface area contributed by atoms with Crippen LogP contribution < -0.4 is 9.64 Å². The number of pyridine rings is 2. The van der Waals surface area contributed by atoms with Gasteiger partial charge in [-0.05, 0) is 115 Å². The molecule has 0 aromatic carbocycles. The number of ether oxygens (including phenoxy) is 3. The highest BCUT2D eigenvalue weighted by Gasteiger charge is 2.34. The lowest BCUT2D eigenvalue weighted by Crippen LogP contribution is -2.46. The highest BCUT2D eigenvalue weighted by Crippen LogP contribution is 2.38. The van der Waals surface area contributed by atoms with Gasteiger partial charge >= 0.3 is 6.09 Å². The summed E-state index contributed by atoms with van der Waals surface area (Å²) < 4.78 is 18.9. The third-order valence-electron chi connectivity index (χ3n) is 11.6. The molecule has 2 saturated carbocycles. The van der Waals surface area contributed by atoms with E-state index in [1.807, 2.05) is 60.9 Å². The Balaban J connectivity index is 1.10. The van der Waals surface area contributed by atoms with Crippen molar-refractivity contribution >= 4 is 17.8 Å². The van der Waals surface area contributed by atoms with Gasteiger partial charge in [0, 0.05) is 61.7 Å². The number of hydrogen-bond donors (Lipinski definition) is 0. The van der Waals surface area contributed by atoms with Gasteiger partial charge in [-0.15, -0.1) is 0 Å². The average Bonchev–Trinajstić information content (AvgIpc) is 3.67. The van der Waals surface area contributed by atoms with Gasteiger partial charge in [-0.3, -0.25) is 19.4 Å². The van der Waals surface area contributed by atoms with Gasteiger partial charge in [0.05, 0.1) is 30.6 Å². The number of hydrogen-bond acceptors (Lipinski definition) is 8. The van der Waals surface area contributed by atoms with Crippen molar-refractivity contribution in [1.29, 1.82) is 0 Å². The zero-order chi connectivity index (χ0) is 36.7. The van der Waals surface area contributed by atoms with Crippen molar-refractivity contribution in [1.82, 2.24) is 24.6 Å². The molecule has 0 spiro atoms. The summed E-state index contributed by atoms with van der Waals surface area (Å²) in [5.41, 5.74) is 3.78. The minimum absolute atomic E-state index is 0.0486. The van der Waals surface area contributed by atoms with Crippen LogP contribution in [0.15, 0.2) is 42.9 Å². The maximum Gasteiger partial charge on any atom is 0.409 e. The van der Waals surface area contributed by atoms with Crippen LogP contribution >= 0.6 is 0 Å². The SMILES string of the molecule is CCOC1(C)CCN(C(=O)OCC(C)n2cc(-c3ccnc(N(CC4CCC(c5ccc(OC)c(C)n5)CC4)C(=O)C4CCCCC4)c3)cn2)CC1. The van der Waals surface area contributed by atoms with Crippen molar-refractivity contribution in [3.63, 3.8) is 0 Å². The molecular formula is C41H58N6O5.